The summed E-state index contributed by atoms with van der Waals surface area (Å²) >= 11 is 1.34. The van der Waals surface area contributed by atoms with E-state index in [0.717, 1.165) is 40.3 Å². The van der Waals surface area contributed by atoms with E-state index < -0.39 is 0 Å². The number of para-hydroxylation sites is 1. The van der Waals surface area contributed by atoms with Crippen LogP contribution in [0.2, 0.25) is 0 Å². The van der Waals surface area contributed by atoms with Crippen molar-refractivity contribution in [2.75, 3.05) is 11.5 Å². The van der Waals surface area contributed by atoms with E-state index in [0.29, 0.717) is 18.1 Å². The van der Waals surface area contributed by atoms with Crippen molar-refractivity contribution in [1.82, 2.24) is 5.32 Å². The molecule has 186 valence electrons. The molecule has 1 unspecified atom stereocenters. The molecule has 0 saturated heterocycles. The van der Waals surface area contributed by atoms with Crippen LogP contribution in [0.1, 0.15) is 49.4 Å². The first kappa shape index (κ1) is 25.6. The van der Waals surface area contributed by atoms with Crippen molar-refractivity contribution < 1.29 is 14.3 Å². The van der Waals surface area contributed by atoms with Gasteiger partial charge in [0, 0.05) is 11.0 Å². The summed E-state index contributed by atoms with van der Waals surface area (Å²) < 4.78 is 5.72. The van der Waals surface area contributed by atoms with Crippen molar-refractivity contribution in [3.63, 3.8) is 0 Å². The number of hydrogen-bond donors (Lipinski definition) is 1. The molecule has 0 spiro atoms. The second kappa shape index (κ2) is 12.0. The Morgan fingerprint density at radius 3 is 2.50 bits per heavy atom. The van der Waals surface area contributed by atoms with Gasteiger partial charge >= 0.3 is 0 Å². The molecule has 6 heteroatoms. The summed E-state index contributed by atoms with van der Waals surface area (Å²) in [6.45, 7) is 7.24. The number of aryl methyl sites for hydroxylation is 1. The fourth-order valence-corrected chi connectivity index (χ4v) is 4.97. The zero-order chi connectivity index (χ0) is 25.5. The lowest BCUT2D eigenvalue weighted by molar-refractivity contribution is -0.118. The number of benzene rings is 3. The second-order valence-electron chi connectivity index (χ2n) is 8.96. The van der Waals surface area contributed by atoms with E-state index in [-0.39, 0.29) is 17.9 Å². The lowest BCUT2D eigenvalue weighted by Gasteiger charge is -2.30. The molecule has 4 rings (SSSR count). The number of rotatable bonds is 9. The maximum Gasteiger partial charge on any atom is 0.265 e. The first-order chi connectivity index (χ1) is 17.4. The standard InChI is InChI=1S/C30H32N2O3S/c1-4-5-18-35-25-16-14-24(15-17-25)22(3)31-29(33)19-28-30(34)32(20-23-12-10-21(2)11-13-23)26-8-6-7-9-27(26)36-28/h6-17,19,22H,4-5,18,20H2,1-3H3,(H,31,33)/b28-19-. The fraction of sp³-hybridized carbons (Fsp3) is 0.267. The number of hydrogen-bond acceptors (Lipinski definition) is 4. The molecule has 1 aliphatic heterocycles. The van der Waals surface area contributed by atoms with Gasteiger partial charge in [-0.2, -0.15) is 0 Å². The van der Waals surface area contributed by atoms with E-state index in [1.54, 1.807) is 4.90 Å². The van der Waals surface area contributed by atoms with Crippen molar-refractivity contribution in [3.8, 4) is 5.75 Å². The molecule has 0 aromatic heterocycles. The van der Waals surface area contributed by atoms with Crippen molar-refractivity contribution in [2.24, 2.45) is 0 Å². The Labute approximate surface area is 217 Å². The molecule has 1 N–H and O–H groups in total. The van der Waals surface area contributed by atoms with Crippen LogP contribution in [0.15, 0.2) is 88.7 Å². The highest BCUT2D eigenvalue weighted by Crippen LogP contribution is 2.41. The van der Waals surface area contributed by atoms with Gasteiger partial charge in [0.1, 0.15) is 5.75 Å². The molecule has 1 atom stereocenters. The van der Waals surface area contributed by atoms with Crippen LogP contribution in [0.25, 0.3) is 0 Å². The third-order valence-electron chi connectivity index (χ3n) is 6.06. The zero-order valence-electron chi connectivity index (χ0n) is 21.0. The summed E-state index contributed by atoms with van der Waals surface area (Å²) in [5, 5.41) is 2.99. The highest BCUT2D eigenvalue weighted by Gasteiger charge is 2.29. The Balaban J connectivity index is 1.47. The van der Waals surface area contributed by atoms with Gasteiger partial charge < -0.3 is 15.0 Å². The molecule has 1 aliphatic rings. The maximum absolute atomic E-state index is 13.4. The Morgan fingerprint density at radius 2 is 1.78 bits per heavy atom. The molecule has 0 aliphatic carbocycles. The summed E-state index contributed by atoms with van der Waals surface area (Å²) in [4.78, 5) is 29.4. The van der Waals surface area contributed by atoms with Crippen molar-refractivity contribution >= 4 is 29.3 Å². The van der Waals surface area contributed by atoms with Crippen LogP contribution < -0.4 is 15.0 Å². The van der Waals surface area contributed by atoms with Gasteiger partial charge in [-0.1, -0.05) is 79.2 Å². The molecule has 3 aromatic carbocycles. The molecule has 1 heterocycles. The molecule has 36 heavy (non-hydrogen) atoms. The highest BCUT2D eigenvalue weighted by molar-refractivity contribution is 8.04. The summed E-state index contributed by atoms with van der Waals surface area (Å²) in [7, 11) is 0. The molecule has 3 aromatic rings. The maximum atomic E-state index is 13.4. The number of nitrogens with one attached hydrogen (secondary N) is 1. The second-order valence-corrected chi connectivity index (χ2v) is 10.0. The first-order valence-corrected chi connectivity index (χ1v) is 13.2. The van der Waals surface area contributed by atoms with E-state index in [2.05, 4.69) is 12.2 Å². The molecular formula is C30H32N2O3S. The molecule has 0 radical (unpaired) electrons. The molecular weight excluding hydrogens is 468 g/mol. The van der Waals surface area contributed by atoms with Gasteiger partial charge in [-0.05, 0) is 55.7 Å². The SMILES string of the molecule is CCCCOc1ccc(C(C)NC(=O)/C=C2\Sc3ccccc3N(Cc3ccc(C)cc3)C2=O)cc1. The van der Waals surface area contributed by atoms with Crippen LogP contribution in [0.5, 0.6) is 5.75 Å². The van der Waals surface area contributed by atoms with Gasteiger partial charge in [-0.3, -0.25) is 9.59 Å². The minimum Gasteiger partial charge on any atom is -0.494 e. The molecule has 0 bridgehead atoms. The van der Waals surface area contributed by atoms with Gasteiger partial charge in [-0.15, -0.1) is 0 Å². The predicted octanol–water partition coefficient (Wildman–Crippen LogP) is 6.57. The lowest BCUT2D eigenvalue weighted by atomic mass is 10.1. The van der Waals surface area contributed by atoms with Crippen LogP contribution in [0, 0.1) is 6.92 Å². The number of carbonyl (C=O) groups is 2. The third kappa shape index (κ3) is 6.38. The van der Waals surface area contributed by atoms with Gasteiger partial charge in [0.15, 0.2) is 0 Å². The van der Waals surface area contributed by atoms with E-state index in [4.69, 9.17) is 4.74 Å². The summed E-state index contributed by atoms with van der Waals surface area (Å²) in [6, 6.07) is 23.5. The lowest BCUT2D eigenvalue weighted by Crippen LogP contribution is -2.34. The first-order valence-electron chi connectivity index (χ1n) is 12.3. The fourth-order valence-electron chi connectivity index (χ4n) is 3.94. The van der Waals surface area contributed by atoms with Crippen molar-refractivity contribution in [2.45, 2.75) is 51.1 Å². The van der Waals surface area contributed by atoms with Crippen molar-refractivity contribution in [3.05, 3.63) is 100 Å². The Bertz CT molecular complexity index is 1240. The van der Waals surface area contributed by atoms with E-state index in [9.17, 15) is 9.59 Å². The normalized spacial score (nSPS) is 14.9. The smallest absolute Gasteiger partial charge is 0.265 e. The molecule has 0 saturated carbocycles. The summed E-state index contributed by atoms with van der Waals surface area (Å²) in [6.07, 6.45) is 3.53. The largest absolute Gasteiger partial charge is 0.494 e. The summed E-state index contributed by atoms with van der Waals surface area (Å²) in [5.41, 5.74) is 4.04. The van der Waals surface area contributed by atoms with Gasteiger partial charge in [-0.25, -0.2) is 0 Å². The zero-order valence-corrected chi connectivity index (χ0v) is 21.8. The number of ether oxygens (including phenoxy) is 1. The summed E-state index contributed by atoms with van der Waals surface area (Å²) in [5.74, 6) is 0.358. The Kier molecular flexibility index (Phi) is 8.49. The van der Waals surface area contributed by atoms with Gasteiger partial charge in [0.05, 0.1) is 29.8 Å². The average Bonchev–Trinajstić information content (AvgIpc) is 2.88. The number of nitrogens with zero attached hydrogens (tertiary/aromatic N) is 1. The predicted molar refractivity (Wildman–Crippen MR) is 146 cm³/mol. The van der Waals surface area contributed by atoms with E-state index in [1.807, 2.05) is 86.6 Å². The molecule has 0 fully saturated rings. The Morgan fingerprint density at radius 1 is 1.06 bits per heavy atom. The van der Waals surface area contributed by atoms with Gasteiger partial charge in [0.25, 0.3) is 5.91 Å². The Hall–Kier alpha value is -3.51. The average molecular weight is 501 g/mol. The van der Waals surface area contributed by atoms with Crippen LogP contribution in [0.4, 0.5) is 5.69 Å². The van der Waals surface area contributed by atoms with E-state index >= 15 is 0 Å². The molecule has 5 nitrogen and oxygen atoms in total. The number of unbranched alkanes of at least 4 members (excludes halogenated alkanes) is 1. The van der Waals surface area contributed by atoms with Crippen LogP contribution in [-0.2, 0) is 16.1 Å². The number of thioether (sulfide) groups is 1. The number of amides is 2. The topological polar surface area (TPSA) is 58.6 Å². The van der Waals surface area contributed by atoms with Crippen LogP contribution in [0.3, 0.4) is 0 Å². The van der Waals surface area contributed by atoms with E-state index in [1.165, 1.54) is 23.4 Å². The highest BCUT2D eigenvalue weighted by atomic mass is 32.2. The van der Waals surface area contributed by atoms with Gasteiger partial charge in [0.2, 0.25) is 5.91 Å². The minimum absolute atomic E-state index is 0.171. The quantitative estimate of drug-likeness (QED) is 0.267. The number of carbonyl (C=O) groups excluding carboxylic acids is 2. The number of fused-ring (bicyclic) bond motifs is 1. The number of anilines is 1. The monoisotopic (exact) mass is 500 g/mol. The van der Waals surface area contributed by atoms with Crippen LogP contribution >= 0.6 is 11.8 Å². The van der Waals surface area contributed by atoms with Crippen LogP contribution in [-0.4, -0.2) is 18.4 Å². The third-order valence-corrected chi connectivity index (χ3v) is 7.14. The minimum atomic E-state index is -0.295. The van der Waals surface area contributed by atoms with Crippen molar-refractivity contribution in [1.29, 1.82) is 0 Å². The molecule has 2 amide bonds.